The van der Waals surface area contributed by atoms with Crippen LogP contribution in [0.25, 0.3) is 0 Å². The van der Waals surface area contributed by atoms with Gasteiger partial charge in [0.2, 0.25) is 0 Å². The third kappa shape index (κ3) is 1.42. The first kappa shape index (κ1) is 6.55. The minimum Gasteiger partial charge on any atom is -0.350 e. The molecule has 0 aliphatic carbocycles. The van der Waals surface area contributed by atoms with E-state index < -0.39 is 0 Å². The van der Waals surface area contributed by atoms with Gasteiger partial charge < -0.3 is 4.98 Å². The molecule has 0 aliphatic rings. The van der Waals surface area contributed by atoms with Crippen molar-refractivity contribution < 1.29 is 0 Å². The van der Waals surface area contributed by atoms with Crippen molar-refractivity contribution in [3.05, 3.63) is 11.9 Å². The van der Waals surface area contributed by atoms with E-state index in [0.717, 1.165) is 5.45 Å². The summed E-state index contributed by atoms with van der Waals surface area (Å²) < 4.78 is 0. The van der Waals surface area contributed by atoms with Crippen LogP contribution in [0.1, 0.15) is 25.5 Å². The Bertz CT molecular complexity index is 193. The van der Waals surface area contributed by atoms with E-state index in [9.17, 15) is 0 Å². The monoisotopic (exact) mass is 137 g/mol. The van der Waals surface area contributed by atoms with E-state index in [2.05, 4.69) is 34.1 Å². The molecule has 47 valence electrons. The Kier molecular flexibility index (Phi) is 1.71. The Morgan fingerprint density at radius 2 is 2.33 bits per heavy atom. The highest BCUT2D eigenvalue weighted by atomic mass is 28.1. The van der Waals surface area contributed by atoms with Gasteiger partial charge >= 0.3 is 0 Å². The maximum atomic E-state index is 4.00. The molecule has 0 bridgehead atoms. The van der Waals surface area contributed by atoms with Gasteiger partial charge in [0, 0.05) is 11.9 Å². The molecule has 0 aliphatic heterocycles. The van der Waals surface area contributed by atoms with E-state index in [1.165, 1.54) is 5.69 Å². The molecule has 0 saturated heterocycles. The number of H-pyrrole nitrogens is 1. The molecular formula is C6H9N2Si. The second-order valence-electron chi connectivity index (χ2n) is 2.34. The molecule has 1 N–H and O–H groups in total. The van der Waals surface area contributed by atoms with Gasteiger partial charge in [-0.3, -0.25) is 0 Å². The summed E-state index contributed by atoms with van der Waals surface area (Å²) in [7, 11) is 3.28. The van der Waals surface area contributed by atoms with Gasteiger partial charge in [-0.2, -0.15) is 0 Å². The van der Waals surface area contributed by atoms with Crippen molar-refractivity contribution in [3.8, 4) is 0 Å². The molecule has 0 amide bonds. The Labute approximate surface area is 58.1 Å². The Hall–Kier alpha value is -0.573. The second-order valence-corrected chi connectivity index (χ2v) is 2.82. The summed E-state index contributed by atoms with van der Waals surface area (Å²) in [5.74, 6) is 0.530. The molecule has 1 rings (SSSR count). The number of aromatic amines is 1. The zero-order valence-corrected chi connectivity index (χ0v) is 6.60. The summed E-state index contributed by atoms with van der Waals surface area (Å²) >= 11 is 0. The van der Waals surface area contributed by atoms with Crippen LogP contribution in [0.2, 0.25) is 0 Å². The van der Waals surface area contributed by atoms with Gasteiger partial charge in [0.05, 0.1) is 5.45 Å². The first-order chi connectivity index (χ1) is 4.20. The van der Waals surface area contributed by atoms with Crippen LogP contribution in [-0.4, -0.2) is 20.2 Å². The van der Waals surface area contributed by atoms with Gasteiger partial charge in [-0.25, -0.2) is 4.98 Å². The number of nitrogens with zero attached hydrogens (tertiary/aromatic N) is 1. The molecule has 2 nitrogen and oxygen atoms in total. The van der Waals surface area contributed by atoms with E-state index in [0.29, 0.717) is 5.92 Å². The molecule has 0 fully saturated rings. The van der Waals surface area contributed by atoms with Crippen molar-refractivity contribution in [2.45, 2.75) is 19.8 Å². The molecule has 0 unspecified atom stereocenters. The van der Waals surface area contributed by atoms with Crippen molar-refractivity contribution in [1.29, 1.82) is 0 Å². The highest BCUT2D eigenvalue weighted by Gasteiger charge is 1.99. The Morgan fingerprint density at radius 1 is 1.67 bits per heavy atom. The first-order valence-electron chi connectivity index (χ1n) is 2.96. The summed E-state index contributed by atoms with van der Waals surface area (Å²) in [5.41, 5.74) is 1.97. The maximum Gasteiger partial charge on any atom is 0.125 e. The molecule has 1 aromatic rings. The van der Waals surface area contributed by atoms with Gasteiger partial charge in [0.15, 0.2) is 0 Å². The van der Waals surface area contributed by atoms with Crippen LogP contribution >= 0.6 is 0 Å². The Balaban J connectivity index is 2.85. The van der Waals surface area contributed by atoms with Crippen LogP contribution in [0.4, 0.5) is 0 Å². The van der Waals surface area contributed by atoms with Crippen molar-refractivity contribution in [2.24, 2.45) is 0 Å². The fraction of sp³-hybridized carbons (Fsp3) is 0.500. The van der Waals surface area contributed by atoms with E-state index in [1.54, 1.807) is 0 Å². The second kappa shape index (κ2) is 2.35. The van der Waals surface area contributed by atoms with E-state index in [-0.39, 0.29) is 0 Å². The summed E-state index contributed by atoms with van der Waals surface area (Å²) in [6.07, 6.45) is 1.84. The van der Waals surface area contributed by atoms with Crippen LogP contribution in [0.3, 0.4) is 0 Å². The summed E-state index contributed by atoms with van der Waals surface area (Å²) in [6.45, 7) is 4.25. The standard InChI is InChI=1S/C6H9N2Si/c1-4(2)5-3-7-6(9)8-5/h3-4H,1-2H3,(H,7,8). The van der Waals surface area contributed by atoms with E-state index >= 15 is 0 Å². The van der Waals surface area contributed by atoms with Crippen LogP contribution in [0.15, 0.2) is 6.20 Å². The zero-order chi connectivity index (χ0) is 6.85. The quantitative estimate of drug-likeness (QED) is 0.555. The van der Waals surface area contributed by atoms with Crippen molar-refractivity contribution in [2.75, 3.05) is 0 Å². The topological polar surface area (TPSA) is 28.7 Å². The van der Waals surface area contributed by atoms with Gasteiger partial charge in [-0.1, -0.05) is 13.8 Å². The molecule has 1 heterocycles. The third-order valence-electron chi connectivity index (χ3n) is 1.22. The average Bonchev–Trinajstić information content (AvgIpc) is 2.14. The highest BCUT2D eigenvalue weighted by Crippen LogP contribution is 2.06. The lowest BCUT2D eigenvalue weighted by atomic mass is 10.2. The summed E-state index contributed by atoms with van der Waals surface area (Å²) in [4.78, 5) is 7.07. The summed E-state index contributed by atoms with van der Waals surface area (Å²) in [6, 6.07) is 0. The van der Waals surface area contributed by atoms with Crippen LogP contribution in [-0.2, 0) is 0 Å². The normalized spacial score (nSPS) is 10.7. The summed E-state index contributed by atoms with van der Waals surface area (Å²) in [5, 5.41) is 0. The lowest BCUT2D eigenvalue weighted by molar-refractivity contribution is 0.834. The van der Waals surface area contributed by atoms with Gasteiger partial charge in [-0.05, 0) is 5.92 Å². The number of nitrogens with one attached hydrogen (secondary N) is 1. The lowest BCUT2D eigenvalue weighted by Gasteiger charge is -1.96. The minimum atomic E-state index is 0.530. The minimum absolute atomic E-state index is 0.530. The molecule has 0 spiro atoms. The molecule has 0 saturated carbocycles. The first-order valence-corrected chi connectivity index (χ1v) is 3.46. The number of hydrogen-bond donors (Lipinski definition) is 1. The van der Waals surface area contributed by atoms with Crippen LogP contribution < -0.4 is 5.45 Å². The largest absolute Gasteiger partial charge is 0.350 e. The Morgan fingerprint density at radius 3 is 2.56 bits per heavy atom. The van der Waals surface area contributed by atoms with Crippen LogP contribution in [0, 0.1) is 0 Å². The third-order valence-corrected chi connectivity index (χ3v) is 1.47. The number of imidazole rings is 1. The molecule has 0 atom stereocenters. The number of rotatable bonds is 1. The van der Waals surface area contributed by atoms with Gasteiger partial charge in [0.25, 0.3) is 0 Å². The molecule has 9 heavy (non-hydrogen) atoms. The highest BCUT2D eigenvalue weighted by molar-refractivity contribution is 6.29. The van der Waals surface area contributed by atoms with Crippen molar-refractivity contribution in [1.82, 2.24) is 9.97 Å². The van der Waals surface area contributed by atoms with Gasteiger partial charge in [-0.15, -0.1) is 0 Å². The van der Waals surface area contributed by atoms with Crippen molar-refractivity contribution in [3.63, 3.8) is 0 Å². The van der Waals surface area contributed by atoms with Gasteiger partial charge in [0.1, 0.15) is 10.2 Å². The SMILES string of the molecule is CC(C)c1cnc([Si])[nH]1. The number of aromatic nitrogens is 2. The zero-order valence-electron chi connectivity index (χ0n) is 5.60. The predicted molar refractivity (Wildman–Crippen MR) is 38.1 cm³/mol. The fourth-order valence-electron chi connectivity index (χ4n) is 0.629. The van der Waals surface area contributed by atoms with E-state index in [1.807, 2.05) is 6.20 Å². The van der Waals surface area contributed by atoms with E-state index in [4.69, 9.17) is 0 Å². The lowest BCUT2D eigenvalue weighted by Crippen LogP contribution is -2.06. The molecular weight excluding hydrogens is 128 g/mol. The molecule has 0 aromatic carbocycles. The molecule has 3 heteroatoms. The number of hydrogen-bond acceptors (Lipinski definition) is 1. The average molecular weight is 137 g/mol. The van der Waals surface area contributed by atoms with Crippen LogP contribution in [0.5, 0.6) is 0 Å². The molecule has 3 radical (unpaired) electrons. The predicted octanol–water partition coefficient (Wildman–Crippen LogP) is 0.327. The fourth-order valence-corrected chi connectivity index (χ4v) is 0.838. The molecule has 1 aromatic heterocycles. The smallest absolute Gasteiger partial charge is 0.125 e. The van der Waals surface area contributed by atoms with Crippen molar-refractivity contribution >= 4 is 15.7 Å². The maximum absolute atomic E-state index is 4.00.